The summed E-state index contributed by atoms with van der Waals surface area (Å²) in [5.74, 6) is -0.407. The Balaban J connectivity index is 2.09. The zero-order valence-corrected chi connectivity index (χ0v) is 13.0. The van der Waals surface area contributed by atoms with Crippen LogP contribution in [0.15, 0.2) is 47.2 Å². The van der Waals surface area contributed by atoms with E-state index in [4.69, 9.17) is 17.3 Å². The second-order valence-corrected chi connectivity index (χ2v) is 5.75. The van der Waals surface area contributed by atoms with Crippen LogP contribution in [0.3, 0.4) is 0 Å². The molecule has 6 heteroatoms. The van der Waals surface area contributed by atoms with Crippen molar-refractivity contribution in [2.75, 3.05) is 11.1 Å². The molecule has 0 bridgehead atoms. The van der Waals surface area contributed by atoms with Crippen LogP contribution in [0.5, 0.6) is 0 Å². The summed E-state index contributed by atoms with van der Waals surface area (Å²) < 4.78 is 13.8. The average Bonchev–Trinajstić information content (AvgIpc) is 2.45. The van der Waals surface area contributed by atoms with Crippen LogP contribution in [0.4, 0.5) is 21.5 Å². The second kappa shape index (κ2) is 5.50. The summed E-state index contributed by atoms with van der Waals surface area (Å²) in [5.41, 5.74) is 8.02. The van der Waals surface area contributed by atoms with Crippen molar-refractivity contribution in [1.29, 1.82) is 0 Å². The van der Waals surface area contributed by atoms with Crippen LogP contribution >= 0.6 is 27.5 Å². The number of nitrogens with one attached hydrogen (secondary N) is 1. The van der Waals surface area contributed by atoms with E-state index < -0.39 is 5.82 Å². The molecule has 0 aliphatic rings. The normalized spacial score (nSPS) is 10.8. The second-order valence-electron chi connectivity index (χ2n) is 4.49. The third kappa shape index (κ3) is 2.66. The summed E-state index contributed by atoms with van der Waals surface area (Å²) in [6.07, 6.45) is 3.43. The summed E-state index contributed by atoms with van der Waals surface area (Å²) >= 11 is 9.36. The standard InChI is InChI=1S/C15H10BrClFN3/c16-11-5-9(18)6-12(17)15(11)21-13-2-1-8-7-20-4-3-10(8)14(13)19/h1-7,21H,19H2. The first-order chi connectivity index (χ1) is 10.1. The minimum atomic E-state index is -0.407. The minimum Gasteiger partial charge on any atom is -0.397 e. The molecule has 0 spiro atoms. The maximum atomic E-state index is 13.3. The number of fused-ring (bicyclic) bond motifs is 1. The third-order valence-electron chi connectivity index (χ3n) is 3.13. The molecule has 1 heterocycles. The van der Waals surface area contributed by atoms with E-state index in [0.29, 0.717) is 21.5 Å². The molecule has 0 unspecified atom stereocenters. The van der Waals surface area contributed by atoms with E-state index in [1.54, 1.807) is 12.4 Å². The predicted molar refractivity (Wildman–Crippen MR) is 88.5 cm³/mol. The van der Waals surface area contributed by atoms with E-state index >= 15 is 0 Å². The zero-order chi connectivity index (χ0) is 15.0. The van der Waals surface area contributed by atoms with E-state index in [1.807, 2.05) is 18.2 Å². The highest BCUT2D eigenvalue weighted by atomic mass is 79.9. The summed E-state index contributed by atoms with van der Waals surface area (Å²) in [6, 6.07) is 8.18. The van der Waals surface area contributed by atoms with Crippen molar-refractivity contribution < 1.29 is 4.39 Å². The lowest BCUT2D eigenvalue weighted by atomic mass is 10.1. The van der Waals surface area contributed by atoms with Crippen molar-refractivity contribution in [3.63, 3.8) is 0 Å². The fraction of sp³-hybridized carbons (Fsp3) is 0. The number of hydrogen-bond donors (Lipinski definition) is 2. The Hall–Kier alpha value is -1.85. The van der Waals surface area contributed by atoms with E-state index in [9.17, 15) is 4.39 Å². The molecule has 106 valence electrons. The summed E-state index contributed by atoms with van der Waals surface area (Å²) in [4.78, 5) is 4.06. The number of halogens is 3. The van der Waals surface area contributed by atoms with Gasteiger partial charge >= 0.3 is 0 Å². The van der Waals surface area contributed by atoms with Gasteiger partial charge in [-0.2, -0.15) is 0 Å². The monoisotopic (exact) mass is 365 g/mol. The Morgan fingerprint density at radius 3 is 2.81 bits per heavy atom. The fourth-order valence-corrected chi connectivity index (χ4v) is 3.00. The number of aromatic nitrogens is 1. The smallest absolute Gasteiger partial charge is 0.125 e. The van der Waals surface area contributed by atoms with Gasteiger partial charge in [-0.05, 0) is 40.2 Å². The maximum absolute atomic E-state index is 13.3. The fourth-order valence-electron chi connectivity index (χ4n) is 2.10. The van der Waals surface area contributed by atoms with Gasteiger partial charge in [0, 0.05) is 27.6 Å². The highest BCUT2D eigenvalue weighted by molar-refractivity contribution is 9.10. The first-order valence-electron chi connectivity index (χ1n) is 6.10. The lowest BCUT2D eigenvalue weighted by molar-refractivity contribution is 0.627. The van der Waals surface area contributed by atoms with Crippen LogP contribution < -0.4 is 11.1 Å². The number of hydrogen-bond acceptors (Lipinski definition) is 3. The van der Waals surface area contributed by atoms with Gasteiger partial charge in [0.1, 0.15) is 5.82 Å². The SMILES string of the molecule is Nc1c(Nc2c(Cl)cc(F)cc2Br)ccc2cnccc12. The number of nitrogen functional groups attached to an aromatic ring is 1. The Labute approximate surface area is 134 Å². The van der Waals surface area contributed by atoms with Crippen molar-refractivity contribution in [2.45, 2.75) is 0 Å². The van der Waals surface area contributed by atoms with Crippen molar-refractivity contribution >= 4 is 55.4 Å². The topological polar surface area (TPSA) is 50.9 Å². The van der Waals surface area contributed by atoms with E-state index in [1.165, 1.54) is 12.1 Å². The molecule has 0 saturated carbocycles. The van der Waals surface area contributed by atoms with Crippen LogP contribution in [-0.2, 0) is 0 Å². The molecule has 0 amide bonds. The summed E-state index contributed by atoms with van der Waals surface area (Å²) in [5, 5.41) is 5.25. The van der Waals surface area contributed by atoms with Gasteiger partial charge in [-0.15, -0.1) is 0 Å². The molecule has 3 nitrogen and oxygen atoms in total. The Bertz CT molecular complexity index is 815. The first-order valence-corrected chi connectivity index (χ1v) is 7.27. The van der Waals surface area contributed by atoms with Gasteiger partial charge in [-0.1, -0.05) is 17.7 Å². The Morgan fingerprint density at radius 1 is 1.24 bits per heavy atom. The van der Waals surface area contributed by atoms with Gasteiger partial charge in [-0.3, -0.25) is 4.98 Å². The predicted octanol–water partition coefficient (Wildman–Crippen LogP) is 5.12. The van der Waals surface area contributed by atoms with Crippen LogP contribution in [0.2, 0.25) is 5.02 Å². The number of pyridine rings is 1. The number of rotatable bonds is 2. The Kier molecular flexibility index (Phi) is 3.69. The number of anilines is 3. The molecular weight excluding hydrogens is 357 g/mol. The van der Waals surface area contributed by atoms with Crippen LogP contribution in [0.1, 0.15) is 0 Å². The van der Waals surface area contributed by atoms with Crippen molar-refractivity contribution in [3.8, 4) is 0 Å². The molecule has 0 saturated heterocycles. The van der Waals surface area contributed by atoms with Gasteiger partial charge in [0.15, 0.2) is 0 Å². The molecule has 2 aromatic carbocycles. The largest absolute Gasteiger partial charge is 0.397 e. The minimum absolute atomic E-state index is 0.274. The van der Waals surface area contributed by atoms with Crippen LogP contribution in [-0.4, -0.2) is 4.98 Å². The van der Waals surface area contributed by atoms with Gasteiger partial charge in [-0.25, -0.2) is 4.39 Å². The van der Waals surface area contributed by atoms with E-state index in [0.717, 1.165) is 10.8 Å². The average molecular weight is 367 g/mol. The number of nitrogens with zero attached hydrogens (tertiary/aromatic N) is 1. The third-order valence-corrected chi connectivity index (χ3v) is 4.05. The molecule has 1 aromatic heterocycles. The maximum Gasteiger partial charge on any atom is 0.125 e. The lowest BCUT2D eigenvalue weighted by Gasteiger charge is -2.14. The van der Waals surface area contributed by atoms with Gasteiger partial charge < -0.3 is 11.1 Å². The lowest BCUT2D eigenvalue weighted by Crippen LogP contribution is -1.99. The molecule has 3 aromatic rings. The highest BCUT2D eigenvalue weighted by Gasteiger charge is 2.11. The molecule has 0 atom stereocenters. The van der Waals surface area contributed by atoms with E-state index in [-0.39, 0.29) is 5.02 Å². The molecule has 21 heavy (non-hydrogen) atoms. The molecule has 0 aliphatic carbocycles. The molecule has 0 fully saturated rings. The molecule has 0 aliphatic heterocycles. The molecule has 0 radical (unpaired) electrons. The Morgan fingerprint density at radius 2 is 2.05 bits per heavy atom. The molecule has 3 N–H and O–H groups in total. The summed E-state index contributed by atoms with van der Waals surface area (Å²) in [7, 11) is 0. The number of nitrogens with two attached hydrogens (primary N) is 1. The molecular formula is C15H10BrClFN3. The van der Waals surface area contributed by atoms with Gasteiger partial charge in [0.2, 0.25) is 0 Å². The molecule has 3 rings (SSSR count). The van der Waals surface area contributed by atoms with Crippen molar-refractivity contribution in [3.05, 3.63) is 58.0 Å². The van der Waals surface area contributed by atoms with Crippen LogP contribution in [0, 0.1) is 5.82 Å². The zero-order valence-electron chi connectivity index (χ0n) is 10.7. The number of benzene rings is 2. The quantitative estimate of drug-likeness (QED) is 0.619. The van der Waals surface area contributed by atoms with E-state index in [2.05, 4.69) is 26.2 Å². The van der Waals surface area contributed by atoms with Gasteiger partial charge in [0.05, 0.1) is 22.1 Å². The van der Waals surface area contributed by atoms with Crippen molar-refractivity contribution in [1.82, 2.24) is 4.98 Å². The van der Waals surface area contributed by atoms with Crippen molar-refractivity contribution in [2.24, 2.45) is 0 Å². The highest BCUT2D eigenvalue weighted by Crippen LogP contribution is 2.37. The summed E-state index contributed by atoms with van der Waals surface area (Å²) in [6.45, 7) is 0. The van der Waals surface area contributed by atoms with Gasteiger partial charge in [0.25, 0.3) is 0 Å². The van der Waals surface area contributed by atoms with Crippen LogP contribution in [0.25, 0.3) is 10.8 Å². The first kappa shape index (κ1) is 14.1.